The first-order valence-corrected chi connectivity index (χ1v) is 9.61. The van der Waals surface area contributed by atoms with Crippen molar-refractivity contribution >= 4 is 5.95 Å². The zero-order chi connectivity index (χ0) is 20.2. The van der Waals surface area contributed by atoms with Crippen molar-refractivity contribution in [1.82, 2.24) is 14.9 Å². The largest absolute Gasteiger partial charge is 0.492 e. The lowest BCUT2D eigenvalue weighted by Gasteiger charge is -2.25. The fourth-order valence-electron chi connectivity index (χ4n) is 3.76. The number of ether oxygens (including phenoxy) is 1. The van der Waals surface area contributed by atoms with Gasteiger partial charge in [-0.1, -0.05) is 12.1 Å². The molecule has 1 aromatic heterocycles. The van der Waals surface area contributed by atoms with Crippen molar-refractivity contribution in [3.05, 3.63) is 72.1 Å². The molecule has 0 aliphatic carbocycles. The maximum atomic E-state index is 13.8. The molecule has 0 saturated carbocycles. The summed E-state index contributed by atoms with van der Waals surface area (Å²) < 4.78 is 32.5. The van der Waals surface area contributed by atoms with Gasteiger partial charge >= 0.3 is 0 Å². The SMILES string of the molecule is Nc1ncc(-c2cccc(F)c2)c([C@@H]2CCCN2CCOc2ccc(F)cc2)n1. The van der Waals surface area contributed by atoms with Gasteiger partial charge in [0, 0.05) is 18.3 Å². The number of benzene rings is 2. The number of aromatic nitrogens is 2. The van der Waals surface area contributed by atoms with Crippen LogP contribution in [0.1, 0.15) is 24.6 Å². The van der Waals surface area contributed by atoms with Gasteiger partial charge in [-0.3, -0.25) is 4.90 Å². The van der Waals surface area contributed by atoms with Crippen LogP contribution in [0.3, 0.4) is 0 Å². The van der Waals surface area contributed by atoms with E-state index >= 15 is 0 Å². The molecule has 0 amide bonds. The number of likely N-dealkylation sites (tertiary alicyclic amines) is 1. The van der Waals surface area contributed by atoms with Crippen molar-refractivity contribution in [2.45, 2.75) is 18.9 Å². The number of hydrogen-bond acceptors (Lipinski definition) is 5. The van der Waals surface area contributed by atoms with Crippen molar-refractivity contribution in [2.75, 3.05) is 25.4 Å². The van der Waals surface area contributed by atoms with Gasteiger partial charge < -0.3 is 10.5 Å². The number of hydrogen-bond donors (Lipinski definition) is 1. The lowest BCUT2D eigenvalue weighted by atomic mass is 10.00. The minimum absolute atomic E-state index is 0.0513. The van der Waals surface area contributed by atoms with Gasteiger partial charge in [0.2, 0.25) is 5.95 Å². The zero-order valence-electron chi connectivity index (χ0n) is 15.9. The van der Waals surface area contributed by atoms with E-state index in [2.05, 4.69) is 14.9 Å². The Hall–Kier alpha value is -3.06. The summed E-state index contributed by atoms with van der Waals surface area (Å²) in [5.41, 5.74) is 8.19. The van der Waals surface area contributed by atoms with Crippen LogP contribution < -0.4 is 10.5 Å². The molecular formula is C22H22F2N4O. The van der Waals surface area contributed by atoms with E-state index in [4.69, 9.17) is 10.5 Å². The van der Waals surface area contributed by atoms with Crippen LogP contribution in [-0.4, -0.2) is 34.6 Å². The first kappa shape index (κ1) is 19.3. The average Bonchev–Trinajstić information content (AvgIpc) is 3.18. The molecule has 4 rings (SSSR count). The first-order valence-electron chi connectivity index (χ1n) is 9.61. The summed E-state index contributed by atoms with van der Waals surface area (Å²) in [4.78, 5) is 10.9. The van der Waals surface area contributed by atoms with Crippen molar-refractivity contribution in [3.8, 4) is 16.9 Å². The second-order valence-electron chi connectivity index (χ2n) is 7.03. The minimum atomic E-state index is -0.304. The molecular weight excluding hydrogens is 374 g/mol. The predicted molar refractivity (Wildman–Crippen MR) is 107 cm³/mol. The third kappa shape index (κ3) is 4.51. The summed E-state index contributed by atoms with van der Waals surface area (Å²) in [6.07, 6.45) is 3.61. The van der Waals surface area contributed by atoms with E-state index < -0.39 is 0 Å². The van der Waals surface area contributed by atoms with Gasteiger partial charge in [0.05, 0.1) is 11.7 Å². The lowest BCUT2D eigenvalue weighted by molar-refractivity contribution is 0.195. The number of halogens is 2. The Balaban J connectivity index is 1.52. The van der Waals surface area contributed by atoms with Crippen LogP contribution in [0.5, 0.6) is 5.75 Å². The van der Waals surface area contributed by atoms with Crippen LogP contribution in [0.2, 0.25) is 0 Å². The fourth-order valence-corrected chi connectivity index (χ4v) is 3.76. The first-order chi connectivity index (χ1) is 14.1. The summed E-state index contributed by atoms with van der Waals surface area (Å²) in [5, 5.41) is 0. The third-order valence-electron chi connectivity index (χ3n) is 5.11. The highest BCUT2D eigenvalue weighted by atomic mass is 19.1. The highest BCUT2D eigenvalue weighted by molar-refractivity contribution is 5.66. The Bertz CT molecular complexity index is 981. The van der Waals surface area contributed by atoms with Gasteiger partial charge in [0.15, 0.2) is 0 Å². The molecule has 0 bridgehead atoms. The quantitative estimate of drug-likeness (QED) is 0.676. The van der Waals surface area contributed by atoms with Crippen LogP contribution in [0.4, 0.5) is 14.7 Å². The van der Waals surface area contributed by atoms with Gasteiger partial charge in [-0.05, 0) is 61.3 Å². The minimum Gasteiger partial charge on any atom is -0.492 e. The van der Waals surface area contributed by atoms with Crippen LogP contribution >= 0.6 is 0 Å². The van der Waals surface area contributed by atoms with Crippen LogP contribution in [0, 0.1) is 11.6 Å². The third-order valence-corrected chi connectivity index (χ3v) is 5.11. The Morgan fingerprint density at radius 2 is 1.93 bits per heavy atom. The topological polar surface area (TPSA) is 64.3 Å². The smallest absolute Gasteiger partial charge is 0.220 e. The molecule has 7 heteroatoms. The molecule has 0 unspecified atom stereocenters. The van der Waals surface area contributed by atoms with Crippen LogP contribution in [-0.2, 0) is 0 Å². The molecule has 2 aromatic carbocycles. The molecule has 150 valence electrons. The summed E-state index contributed by atoms with van der Waals surface area (Å²) in [6, 6.07) is 12.5. The van der Waals surface area contributed by atoms with Crippen molar-refractivity contribution in [1.29, 1.82) is 0 Å². The molecule has 5 nitrogen and oxygen atoms in total. The number of anilines is 1. The molecule has 0 spiro atoms. The Morgan fingerprint density at radius 1 is 1.10 bits per heavy atom. The molecule has 2 heterocycles. The second-order valence-corrected chi connectivity index (χ2v) is 7.03. The second kappa shape index (κ2) is 8.53. The number of nitrogens with zero attached hydrogens (tertiary/aromatic N) is 3. The zero-order valence-corrected chi connectivity index (χ0v) is 15.9. The molecule has 2 N–H and O–H groups in total. The van der Waals surface area contributed by atoms with E-state index in [0.717, 1.165) is 36.2 Å². The normalized spacial score (nSPS) is 16.8. The average molecular weight is 396 g/mol. The van der Waals surface area contributed by atoms with E-state index in [1.54, 1.807) is 24.4 Å². The monoisotopic (exact) mass is 396 g/mol. The molecule has 1 atom stereocenters. The molecule has 1 aliphatic rings. The summed E-state index contributed by atoms with van der Waals surface area (Å²) in [6.45, 7) is 2.07. The summed E-state index contributed by atoms with van der Waals surface area (Å²) >= 11 is 0. The van der Waals surface area contributed by atoms with E-state index in [9.17, 15) is 8.78 Å². The van der Waals surface area contributed by atoms with Crippen molar-refractivity contribution in [2.24, 2.45) is 0 Å². The van der Waals surface area contributed by atoms with Gasteiger partial charge in [-0.2, -0.15) is 0 Å². The van der Waals surface area contributed by atoms with E-state index in [1.165, 1.54) is 24.3 Å². The van der Waals surface area contributed by atoms with E-state index in [-0.39, 0.29) is 23.6 Å². The van der Waals surface area contributed by atoms with Crippen LogP contribution in [0.25, 0.3) is 11.1 Å². The molecule has 3 aromatic rings. The lowest BCUT2D eigenvalue weighted by Crippen LogP contribution is -2.29. The number of nitrogens with two attached hydrogens (primary N) is 1. The Kier molecular flexibility index (Phi) is 5.67. The molecule has 1 fully saturated rings. The van der Waals surface area contributed by atoms with Crippen molar-refractivity contribution in [3.63, 3.8) is 0 Å². The molecule has 1 saturated heterocycles. The number of nitrogen functional groups attached to an aromatic ring is 1. The highest BCUT2D eigenvalue weighted by Gasteiger charge is 2.29. The Labute approximate surface area is 168 Å². The van der Waals surface area contributed by atoms with E-state index in [0.29, 0.717) is 18.9 Å². The summed E-state index contributed by atoms with van der Waals surface area (Å²) in [7, 11) is 0. The highest BCUT2D eigenvalue weighted by Crippen LogP contribution is 2.36. The molecule has 1 aliphatic heterocycles. The maximum absolute atomic E-state index is 13.8. The summed E-state index contributed by atoms with van der Waals surface area (Å²) in [5.74, 6) is 0.243. The maximum Gasteiger partial charge on any atom is 0.220 e. The van der Waals surface area contributed by atoms with Gasteiger partial charge in [-0.25, -0.2) is 18.7 Å². The van der Waals surface area contributed by atoms with Crippen LogP contribution in [0.15, 0.2) is 54.7 Å². The Morgan fingerprint density at radius 3 is 2.72 bits per heavy atom. The van der Waals surface area contributed by atoms with Crippen molar-refractivity contribution < 1.29 is 13.5 Å². The molecule has 0 radical (unpaired) electrons. The van der Waals surface area contributed by atoms with Gasteiger partial charge in [0.1, 0.15) is 24.0 Å². The van der Waals surface area contributed by atoms with Gasteiger partial charge in [-0.15, -0.1) is 0 Å². The number of rotatable bonds is 6. The van der Waals surface area contributed by atoms with Gasteiger partial charge in [0.25, 0.3) is 0 Å². The fraction of sp³-hybridized carbons (Fsp3) is 0.273. The predicted octanol–water partition coefficient (Wildman–Crippen LogP) is 4.22. The molecule has 29 heavy (non-hydrogen) atoms. The standard InChI is InChI=1S/C22H22F2N4O/c23-16-6-8-18(9-7-16)29-12-11-28-10-2-5-20(28)21-19(14-26-22(25)27-21)15-3-1-4-17(24)13-15/h1,3-4,6-9,13-14,20H,2,5,10-12H2,(H2,25,26,27)/t20-/m0/s1. The van der Waals surface area contributed by atoms with E-state index in [1.807, 2.05) is 6.07 Å².